The molecule has 0 radical (unpaired) electrons. The third-order valence-corrected chi connectivity index (χ3v) is 3.76. The minimum Gasteiger partial charge on any atom is -0.468 e. The first kappa shape index (κ1) is 15.1. The highest BCUT2D eigenvalue weighted by Gasteiger charge is 2.13. The van der Waals surface area contributed by atoms with Crippen molar-refractivity contribution in [3.05, 3.63) is 35.4 Å². The van der Waals surface area contributed by atoms with E-state index in [1.807, 2.05) is 6.07 Å². The van der Waals surface area contributed by atoms with Crippen LogP contribution >= 0.6 is 11.8 Å². The molecular formula is C14H21NO2S. The van der Waals surface area contributed by atoms with E-state index in [1.165, 1.54) is 18.2 Å². The van der Waals surface area contributed by atoms with Gasteiger partial charge in [0.25, 0.3) is 0 Å². The number of esters is 1. The summed E-state index contributed by atoms with van der Waals surface area (Å²) in [5.41, 5.74) is 2.58. The predicted molar refractivity (Wildman–Crippen MR) is 76.9 cm³/mol. The van der Waals surface area contributed by atoms with Gasteiger partial charge >= 0.3 is 5.97 Å². The minimum absolute atomic E-state index is 0.167. The molecule has 0 aliphatic carbocycles. The van der Waals surface area contributed by atoms with E-state index in [0.717, 1.165) is 12.3 Å². The number of methoxy groups -OCH3 is 1. The zero-order valence-corrected chi connectivity index (χ0v) is 12.0. The highest BCUT2D eigenvalue weighted by Crippen LogP contribution is 2.21. The van der Waals surface area contributed by atoms with Gasteiger partial charge in [0.2, 0.25) is 0 Å². The maximum atomic E-state index is 11.1. The highest BCUT2D eigenvalue weighted by atomic mass is 32.2. The van der Waals surface area contributed by atoms with Crippen LogP contribution < -0.4 is 5.32 Å². The first-order chi connectivity index (χ1) is 8.69. The second kappa shape index (κ2) is 8.16. The van der Waals surface area contributed by atoms with E-state index < -0.39 is 0 Å². The molecule has 0 bridgehead atoms. The number of thioether (sulfide) groups is 1. The Morgan fingerprint density at radius 3 is 2.78 bits per heavy atom. The Balaban J connectivity index is 2.60. The number of nitrogens with one attached hydrogen (secondary N) is 1. The Morgan fingerprint density at radius 1 is 1.44 bits per heavy atom. The van der Waals surface area contributed by atoms with Gasteiger partial charge in [0.1, 0.15) is 0 Å². The van der Waals surface area contributed by atoms with Crippen LogP contribution in [0.1, 0.15) is 24.1 Å². The van der Waals surface area contributed by atoms with E-state index in [9.17, 15) is 4.79 Å². The van der Waals surface area contributed by atoms with E-state index >= 15 is 0 Å². The number of rotatable bonds is 7. The number of hydrogen-bond acceptors (Lipinski definition) is 4. The lowest BCUT2D eigenvalue weighted by molar-refractivity contribution is -0.137. The lowest BCUT2D eigenvalue weighted by Gasteiger charge is -2.19. The fourth-order valence-electron chi connectivity index (χ4n) is 1.80. The molecule has 0 saturated carbocycles. The van der Waals surface area contributed by atoms with Crippen LogP contribution in [0.15, 0.2) is 24.3 Å². The molecule has 4 heteroatoms. The van der Waals surface area contributed by atoms with Crippen molar-refractivity contribution in [1.29, 1.82) is 0 Å². The van der Waals surface area contributed by atoms with Crippen molar-refractivity contribution in [3.8, 4) is 0 Å². The predicted octanol–water partition coefficient (Wildman–Crippen LogP) is 2.55. The van der Waals surface area contributed by atoms with Crippen molar-refractivity contribution in [2.24, 2.45) is 0 Å². The molecule has 0 aromatic heterocycles. The van der Waals surface area contributed by atoms with Crippen LogP contribution in [0.25, 0.3) is 0 Å². The van der Waals surface area contributed by atoms with E-state index in [-0.39, 0.29) is 12.0 Å². The second-order valence-corrected chi connectivity index (χ2v) is 5.09. The topological polar surface area (TPSA) is 38.3 Å². The van der Waals surface area contributed by atoms with Gasteiger partial charge in [-0.15, -0.1) is 11.8 Å². The van der Waals surface area contributed by atoms with Gasteiger partial charge in [0.15, 0.2) is 0 Å². The standard InChI is InChI=1S/C14H21NO2S/c1-4-15-13(9-18-10-14(16)17-3)12-8-6-5-7-11(12)2/h5-8,13,15H,4,9-10H2,1-3H3. The molecule has 0 saturated heterocycles. The van der Waals surface area contributed by atoms with E-state index in [4.69, 9.17) is 0 Å². The van der Waals surface area contributed by atoms with E-state index in [0.29, 0.717) is 5.75 Å². The van der Waals surface area contributed by atoms with Gasteiger partial charge in [0, 0.05) is 11.8 Å². The van der Waals surface area contributed by atoms with Crippen LogP contribution in [0.2, 0.25) is 0 Å². The summed E-state index contributed by atoms with van der Waals surface area (Å²) < 4.78 is 4.64. The summed E-state index contributed by atoms with van der Waals surface area (Å²) in [6, 6.07) is 8.64. The highest BCUT2D eigenvalue weighted by molar-refractivity contribution is 7.99. The molecular weight excluding hydrogens is 246 g/mol. The number of aryl methyl sites for hydroxylation is 1. The van der Waals surface area contributed by atoms with Gasteiger partial charge in [-0.3, -0.25) is 4.79 Å². The molecule has 0 aliphatic heterocycles. The number of benzene rings is 1. The first-order valence-corrected chi connectivity index (χ1v) is 7.28. The molecule has 0 aliphatic rings. The number of ether oxygens (including phenoxy) is 1. The monoisotopic (exact) mass is 267 g/mol. The van der Waals surface area contributed by atoms with Gasteiger partial charge in [0.05, 0.1) is 12.9 Å². The Hall–Kier alpha value is -1.00. The third-order valence-electron chi connectivity index (χ3n) is 2.75. The van der Waals surface area contributed by atoms with Crippen molar-refractivity contribution in [2.75, 3.05) is 25.2 Å². The fourth-order valence-corrected chi connectivity index (χ4v) is 2.74. The maximum absolute atomic E-state index is 11.1. The molecule has 100 valence electrons. The zero-order chi connectivity index (χ0) is 13.4. The van der Waals surface area contributed by atoms with Crippen LogP contribution in [0.5, 0.6) is 0 Å². The van der Waals surface area contributed by atoms with Gasteiger partial charge in [-0.2, -0.15) is 0 Å². The normalized spacial score (nSPS) is 12.2. The van der Waals surface area contributed by atoms with Crippen LogP contribution in [0.4, 0.5) is 0 Å². The molecule has 1 N–H and O–H groups in total. The van der Waals surface area contributed by atoms with Crippen molar-refractivity contribution >= 4 is 17.7 Å². The zero-order valence-electron chi connectivity index (χ0n) is 11.2. The first-order valence-electron chi connectivity index (χ1n) is 6.12. The molecule has 1 rings (SSSR count). The Labute approximate surface area is 113 Å². The molecule has 18 heavy (non-hydrogen) atoms. The molecule has 1 atom stereocenters. The molecule has 0 fully saturated rings. The Bertz CT molecular complexity index is 382. The number of hydrogen-bond donors (Lipinski definition) is 1. The Kier molecular flexibility index (Phi) is 6.83. The van der Waals surface area contributed by atoms with Crippen molar-refractivity contribution in [3.63, 3.8) is 0 Å². The fraction of sp³-hybridized carbons (Fsp3) is 0.500. The number of carbonyl (C=O) groups is 1. The van der Waals surface area contributed by atoms with Gasteiger partial charge in [-0.1, -0.05) is 31.2 Å². The minimum atomic E-state index is -0.167. The summed E-state index contributed by atoms with van der Waals surface area (Å²) in [5, 5.41) is 3.46. The van der Waals surface area contributed by atoms with Crippen LogP contribution in [0, 0.1) is 6.92 Å². The molecule has 1 unspecified atom stereocenters. The summed E-state index contributed by atoms with van der Waals surface area (Å²) in [6.07, 6.45) is 0. The summed E-state index contributed by atoms with van der Waals surface area (Å²) in [7, 11) is 1.42. The summed E-state index contributed by atoms with van der Waals surface area (Å²) in [4.78, 5) is 11.1. The van der Waals surface area contributed by atoms with Crippen molar-refractivity contribution in [1.82, 2.24) is 5.32 Å². The molecule has 0 heterocycles. The van der Waals surface area contributed by atoms with Gasteiger partial charge in [-0.05, 0) is 24.6 Å². The average Bonchev–Trinajstić information content (AvgIpc) is 2.38. The van der Waals surface area contributed by atoms with Crippen molar-refractivity contribution < 1.29 is 9.53 Å². The summed E-state index contributed by atoms with van der Waals surface area (Å²) in [6.45, 7) is 5.12. The smallest absolute Gasteiger partial charge is 0.315 e. The van der Waals surface area contributed by atoms with E-state index in [2.05, 4.69) is 42.1 Å². The largest absolute Gasteiger partial charge is 0.468 e. The average molecular weight is 267 g/mol. The van der Waals surface area contributed by atoms with Crippen LogP contribution in [-0.4, -0.2) is 31.1 Å². The molecule has 1 aromatic rings. The molecule has 1 aromatic carbocycles. The lowest BCUT2D eigenvalue weighted by atomic mass is 10.0. The second-order valence-electron chi connectivity index (χ2n) is 4.06. The Morgan fingerprint density at radius 2 is 2.17 bits per heavy atom. The van der Waals surface area contributed by atoms with Crippen molar-refractivity contribution in [2.45, 2.75) is 19.9 Å². The number of carbonyl (C=O) groups excluding carboxylic acids is 1. The van der Waals surface area contributed by atoms with E-state index in [1.54, 1.807) is 11.8 Å². The third kappa shape index (κ3) is 4.70. The van der Waals surface area contributed by atoms with Crippen LogP contribution in [0.3, 0.4) is 0 Å². The molecule has 0 amide bonds. The maximum Gasteiger partial charge on any atom is 0.315 e. The molecule has 0 spiro atoms. The SMILES string of the molecule is CCNC(CSCC(=O)OC)c1ccccc1C. The van der Waals surface area contributed by atoms with Gasteiger partial charge < -0.3 is 10.1 Å². The quantitative estimate of drug-likeness (QED) is 0.771. The van der Waals surface area contributed by atoms with Crippen LogP contribution in [-0.2, 0) is 9.53 Å². The summed E-state index contributed by atoms with van der Waals surface area (Å²) in [5.74, 6) is 1.11. The molecule has 3 nitrogen and oxygen atoms in total. The lowest BCUT2D eigenvalue weighted by Crippen LogP contribution is -2.24. The summed E-state index contributed by atoms with van der Waals surface area (Å²) >= 11 is 1.60. The van der Waals surface area contributed by atoms with Gasteiger partial charge in [-0.25, -0.2) is 0 Å².